The lowest BCUT2D eigenvalue weighted by atomic mass is 9.94. The molecule has 0 aliphatic heterocycles. The SMILES string of the molecule is [2H]C(C)(C)C.[2H]C(C)C1CCCC1.[2H]C([2H])(C)C.[2H]C([2H])(C)C(C)(C)C.[2H]C([2H])(C)C(C)C.[2H]C([2H])([2H])C(C([2H])([2H])[2H])(C([2H])([2H])[2H])C([2H])([2H])C.[2H]C([2H])([2H])C(C)(C([2H])([2H])[2H])C([2H])([2H])C.[2H]C([2H])([2H])C(C)(C)C([2H])([2H])C. The van der Waals surface area contributed by atoms with E-state index in [1.165, 1.54) is 60.3 Å². The maximum absolute atomic E-state index is 7.39. The second-order valence-corrected chi connectivity index (χ2v) is 12.6. The van der Waals surface area contributed by atoms with Gasteiger partial charge in [-0.15, -0.1) is 0 Å². The van der Waals surface area contributed by atoms with Gasteiger partial charge >= 0.3 is 0 Å². The van der Waals surface area contributed by atoms with E-state index in [2.05, 4.69) is 0 Å². The van der Waals surface area contributed by atoms with E-state index in [0.717, 1.165) is 19.8 Å². The highest BCUT2D eigenvalue weighted by atomic mass is 14.2. The van der Waals surface area contributed by atoms with E-state index in [1.807, 2.05) is 62.3 Å². The van der Waals surface area contributed by atoms with E-state index >= 15 is 0 Å². The molecule has 0 aromatic rings. The summed E-state index contributed by atoms with van der Waals surface area (Å²) in [5.41, 5.74) is -7.29. The maximum Gasteiger partial charge on any atom is 0.0294 e. The van der Waals surface area contributed by atoms with Gasteiger partial charge in [0.25, 0.3) is 0 Å². The van der Waals surface area contributed by atoms with Crippen molar-refractivity contribution in [3.63, 3.8) is 0 Å². The molecule has 0 radical (unpaired) electrons. The molecule has 0 aromatic carbocycles. The Hall–Kier alpha value is 0. The van der Waals surface area contributed by atoms with E-state index in [4.69, 9.17) is 43.9 Å². The molecule has 0 amide bonds. The van der Waals surface area contributed by atoms with Crippen molar-refractivity contribution < 1.29 is 43.9 Å². The summed E-state index contributed by atoms with van der Waals surface area (Å²) in [7, 11) is 0. The molecule has 0 bridgehead atoms. The summed E-state index contributed by atoms with van der Waals surface area (Å²) in [4.78, 5) is 0. The molecule has 0 heteroatoms. The molecule has 1 aliphatic carbocycles. The molecule has 0 nitrogen and oxygen atoms in total. The summed E-state index contributed by atoms with van der Waals surface area (Å²) in [6.45, 7) is 11.5. The Morgan fingerprint density at radius 3 is 0.837 bits per heavy atom. The van der Waals surface area contributed by atoms with Crippen molar-refractivity contribution >= 4 is 0 Å². The average Bonchev–Trinajstić information content (AvgIpc) is 3.53. The lowest BCUT2D eigenvalue weighted by molar-refractivity contribution is 0.397. The maximum atomic E-state index is 7.39. The first-order chi connectivity index (χ1) is 31.2. The molecule has 0 saturated heterocycles. The molecule has 1 rings (SSSR count). The zero-order valence-corrected chi connectivity index (χ0v) is 32.1. The van der Waals surface area contributed by atoms with Gasteiger partial charge in [-0.3, -0.25) is 0 Å². The lowest BCUT2D eigenvalue weighted by Gasteiger charge is -2.12. The molecule has 1 atom stereocenters. The van der Waals surface area contributed by atoms with Crippen molar-refractivity contribution in [1.29, 1.82) is 0 Å². The highest BCUT2D eigenvalue weighted by molar-refractivity contribution is 4.64. The van der Waals surface area contributed by atoms with Gasteiger partial charge in [-0.05, 0) is 39.4 Å². The van der Waals surface area contributed by atoms with Crippen LogP contribution in [0.1, 0.15) is 287 Å². The minimum atomic E-state index is -3.48. The molecule has 0 aromatic heterocycles. The zero-order chi connectivity index (χ0) is 64.1. The third-order valence-electron chi connectivity index (χ3n) is 4.70. The van der Waals surface area contributed by atoms with Gasteiger partial charge in [0.05, 0.1) is 0 Å². The van der Waals surface area contributed by atoms with Crippen molar-refractivity contribution in [2.75, 3.05) is 0 Å². The predicted octanol–water partition coefficient (Wildman–Crippen LogP) is 17.5. The lowest BCUT2D eigenvalue weighted by Crippen LogP contribution is -2.00. The fraction of sp³-hybridized carbons (Fsp3) is 1.00. The van der Waals surface area contributed by atoms with Crippen molar-refractivity contribution in [3.8, 4) is 0 Å². The molecular formula is C43H100. The van der Waals surface area contributed by atoms with Crippen molar-refractivity contribution in [3.05, 3.63) is 0 Å². The van der Waals surface area contributed by atoms with Crippen molar-refractivity contribution in [2.24, 2.45) is 39.4 Å². The standard InChI is InChI=1S/C7H14.4C6H14.C5H12.C4H10.C3H8/c1-2-7-5-3-4-6-7;4*1-5-6(2,3)4;1-4-5(2)3;1-4(2)3;1-3-2/h7H,2-6H2,1H3;4*5H2,1-4H3;5H,4H2,1-3H3;4H,1-3H3;3H2,1-2H3/i2D;2D3,3D3,4D3,5D2;2D3,3D3,5D2;2D3,5D2;5D2;4D2;4D;3D2. The number of hydrogen-bond donors (Lipinski definition) is 0. The first kappa shape index (κ1) is 16.4. The average molecular weight is 649 g/mol. The topological polar surface area (TPSA) is 0 Å². The Morgan fingerprint density at radius 1 is 0.558 bits per heavy atom. The molecule has 0 heterocycles. The fourth-order valence-corrected chi connectivity index (χ4v) is 1.29. The molecule has 1 saturated carbocycles. The highest BCUT2D eigenvalue weighted by Crippen LogP contribution is 2.26. The second kappa shape index (κ2) is 36.5. The molecule has 43 heavy (non-hydrogen) atoms. The Bertz CT molecular complexity index is 1350. The smallest absolute Gasteiger partial charge is 0.0294 e. The number of hydrogen-bond acceptors (Lipinski definition) is 0. The van der Waals surface area contributed by atoms with Gasteiger partial charge in [0.2, 0.25) is 0 Å². The summed E-state index contributed by atoms with van der Waals surface area (Å²) in [5.74, 6) is 0.613. The zero-order valence-electron chi connectivity index (χ0n) is 64.1. The summed E-state index contributed by atoms with van der Waals surface area (Å²) in [6.07, 6.45) is -4.42. The van der Waals surface area contributed by atoms with Crippen LogP contribution in [-0.2, 0) is 0 Å². The van der Waals surface area contributed by atoms with Gasteiger partial charge in [0.15, 0.2) is 0 Å². The van der Waals surface area contributed by atoms with Crippen LogP contribution in [0.25, 0.3) is 0 Å². The van der Waals surface area contributed by atoms with E-state index < -0.39 is 95.6 Å². The summed E-state index contributed by atoms with van der Waals surface area (Å²) in [5, 5.41) is 0. The summed E-state index contributed by atoms with van der Waals surface area (Å²) < 4.78 is 229. The Labute approximate surface area is 327 Å². The van der Waals surface area contributed by atoms with Crippen LogP contribution in [0, 0.1) is 39.4 Å². The number of rotatable bonds is 2. The molecule has 1 aliphatic rings. The summed E-state index contributed by atoms with van der Waals surface area (Å²) >= 11 is 0. The minimum Gasteiger partial charge on any atom is -0.0656 e. The first-order valence-corrected chi connectivity index (χ1v) is 15.2. The van der Waals surface area contributed by atoms with Gasteiger partial charge in [0.1, 0.15) is 0 Å². The molecular weight excluding hydrogens is 516 g/mol. The predicted molar refractivity (Wildman–Crippen MR) is 213 cm³/mol. The molecule has 1 fully saturated rings. The molecule has 0 spiro atoms. The van der Waals surface area contributed by atoms with Crippen LogP contribution < -0.4 is 0 Å². The third kappa shape index (κ3) is 127. The van der Waals surface area contributed by atoms with E-state index in [0.29, 0.717) is 6.92 Å². The van der Waals surface area contributed by atoms with Crippen molar-refractivity contribution in [2.45, 2.75) is 243 Å². The third-order valence-corrected chi connectivity index (χ3v) is 4.70. The van der Waals surface area contributed by atoms with Gasteiger partial charge in [-0.25, -0.2) is 0 Å². The van der Waals surface area contributed by atoms with Gasteiger partial charge in [-0.1, -0.05) is 243 Å². The molecule has 272 valence electrons. The highest BCUT2D eigenvalue weighted by Gasteiger charge is 2.11. The molecule has 1 unspecified atom stereocenters. The van der Waals surface area contributed by atoms with Crippen LogP contribution >= 0.6 is 0 Å². The van der Waals surface area contributed by atoms with Crippen LogP contribution in [0.15, 0.2) is 0 Å². The van der Waals surface area contributed by atoms with Gasteiger partial charge in [-0.2, -0.15) is 0 Å². The van der Waals surface area contributed by atoms with E-state index in [9.17, 15) is 0 Å². The monoisotopic (exact) mass is 649 g/mol. The van der Waals surface area contributed by atoms with E-state index in [-0.39, 0.29) is 23.6 Å². The van der Waals surface area contributed by atoms with E-state index in [1.54, 1.807) is 13.8 Å². The largest absolute Gasteiger partial charge is 0.0656 e. The Balaban J connectivity index is -0.000000146. The normalized spacial score (nSPS) is 28.7. The minimum absolute atomic E-state index is 0.132. The van der Waals surface area contributed by atoms with Crippen LogP contribution in [-0.4, -0.2) is 0 Å². The quantitative estimate of drug-likeness (QED) is 0.279. The van der Waals surface area contributed by atoms with Crippen LogP contribution in [0.2, 0.25) is 0 Å². The van der Waals surface area contributed by atoms with Crippen LogP contribution in [0.5, 0.6) is 0 Å². The fourth-order valence-electron chi connectivity index (χ4n) is 1.29. The van der Waals surface area contributed by atoms with Gasteiger partial charge in [0, 0.05) is 43.9 Å². The van der Waals surface area contributed by atoms with Crippen molar-refractivity contribution in [1.82, 2.24) is 0 Å². The Kier molecular flexibility index (Phi) is 13.9. The van der Waals surface area contributed by atoms with Crippen LogP contribution in [0.3, 0.4) is 0 Å². The van der Waals surface area contributed by atoms with Gasteiger partial charge < -0.3 is 0 Å². The molecule has 0 N–H and O–H groups in total. The van der Waals surface area contributed by atoms with Crippen LogP contribution in [0.4, 0.5) is 0 Å². The Morgan fingerprint density at radius 2 is 0.791 bits per heavy atom. The second-order valence-electron chi connectivity index (χ2n) is 12.6. The summed E-state index contributed by atoms with van der Waals surface area (Å²) in [6, 6.07) is 0. The first-order valence-electron chi connectivity index (χ1n) is 31.2.